The Morgan fingerprint density at radius 1 is 1.11 bits per heavy atom. The van der Waals surface area contributed by atoms with Gasteiger partial charge in [-0.2, -0.15) is 0 Å². The van der Waals surface area contributed by atoms with Gasteiger partial charge in [0.2, 0.25) is 5.70 Å². The van der Waals surface area contributed by atoms with Crippen molar-refractivity contribution in [3.05, 3.63) is 22.9 Å². The highest BCUT2D eigenvalue weighted by molar-refractivity contribution is 5.69. The molecule has 8 nitrogen and oxygen atoms in total. The fourth-order valence-electron chi connectivity index (χ4n) is 9.29. The van der Waals surface area contributed by atoms with Crippen molar-refractivity contribution in [2.45, 2.75) is 84.3 Å². The second kappa shape index (κ2) is 11.8. The Hall–Kier alpha value is -1.66. The van der Waals surface area contributed by atoms with Crippen LogP contribution < -0.4 is 0 Å². The third kappa shape index (κ3) is 5.00. The molecule has 0 radical (unpaired) electrons. The minimum absolute atomic E-state index is 0.00341. The maximum atomic E-state index is 11.9. The number of allylic oxidation sites excluding steroid dienone is 2. The number of ether oxygens (including phenoxy) is 5. The van der Waals surface area contributed by atoms with Gasteiger partial charge in [0.05, 0.1) is 31.6 Å². The lowest BCUT2D eigenvalue weighted by Gasteiger charge is -2.64. The van der Waals surface area contributed by atoms with Crippen LogP contribution in [-0.4, -0.2) is 58.2 Å². The highest BCUT2D eigenvalue weighted by Crippen LogP contribution is 2.69. The molecule has 38 heavy (non-hydrogen) atoms. The molecule has 3 saturated carbocycles. The van der Waals surface area contributed by atoms with Crippen molar-refractivity contribution >= 4 is 5.97 Å². The molecule has 0 aliphatic heterocycles. The molecule has 0 aromatic carbocycles. The zero-order valence-electron chi connectivity index (χ0n) is 24.0. The second-order valence-electron chi connectivity index (χ2n) is 12.7. The fraction of sp³-hybridized carbons (Fsp3) is 0.867. The van der Waals surface area contributed by atoms with Crippen molar-refractivity contribution < 1.29 is 33.6 Å². The van der Waals surface area contributed by atoms with Gasteiger partial charge in [-0.3, -0.25) is 4.79 Å². The maximum absolute atomic E-state index is 11.9. The summed E-state index contributed by atoms with van der Waals surface area (Å²) in [5.41, 5.74) is 0.304. The molecular formula is C30H47NO7. The van der Waals surface area contributed by atoms with Crippen molar-refractivity contribution in [1.82, 2.24) is 0 Å². The van der Waals surface area contributed by atoms with Gasteiger partial charge in [0.25, 0.3) is 0 Å². The SMILES string of the molecule is [C-]#[N+]C1=C(O)C[C@H]2C[C@@H](OCOC)[C@@H]3[C@H](C[C@H](OCOC)[C@]4(C)[C@@H]([C@H](C)CCC(=O)OC)CC[C@@H]34)[C@@]2(C)C1. The summed E-state index contributed by atoms with van der Waals surface area (Å²) in [7, 11) is 4.78. The average Bonchev–Trinajstić information content (AvgIpc) is 3.27. The number of nitrogens with zero attached hydrogens (tertiary/aromatic N) is 1. The van der Waals surface area contributed by atoms with Gasteiger partial charge in [-0.05, 0) is 85.9 Å². The van der Waals surface area contributed by atoms with E-state index in [2.05, 4.69) is 25.6 Å². The summed E-state index contributed by atoms with van der Waals surface area (Å²) in [6, 6.07) is 0. The molecule has 4 aliphatic rings. The molecule has 4 rings (SSSR count). The zero-order valence-corrected chi connectivity index (χ0v) is 24.0. The van der Waals surface area contributed by atoms with E-state index in [4.69, 9.17) is 30.3 Å². The van der Waals surface area contributed by atoms with E-state index in [-0.39, 0.29) is 60.2 Å². The summed E-state index contributed by atoms with van der Waals surface area (Å²) in [4.78, 5) is 15.7. The third-order valence-electron chi connectivity index (χ3n) is 11.2. The normalized spacial score (nSPS) is 41.0. The van der Waals surface area contributed by atoms with Gasteiger partial charge in [0, 0.05) is 26.1 Å². The predicted octanol–water partition coefficient (Wildman–Crippen LogP) is 5.73. The van der Waals surface area contributed by atoms with Gasteiger partial charge in [-0.1, -0.05) is 20.8 Å². The lowest BCUT2D eigenvalue weighted by Crippen LogP contribution is -2.62. The number of aliphatic hydroxyl groups is 1. The molecule has 3 fully saturated rings. The first-order chi connectivity index (χ1) is 18.1. The Bertz CT molecular complexity index is 930. The number of methoxy groups -OCH3 is 3. The van der Waals surface area contributed by atoms with Crippen LogP contribution in [0.4, 0.5) is 0 Å². The molecule has 214 valence electrons. The molecule has 10 atom stereocenters. The van der Waals surface area contributed by atoms with E-state index >= 15 is 0 Å². The molecule has 0 bridgehead atoms. The third-order valence-corrected chi connectivity index (χ3v) is 11.2. The van der Waals surface area contributed by atoms with E-state index in [1.165, 1.54) is 7.11 Å². The molecule has 0 aromatic heterocycles. The molecule has 0 spiro atoms. The van der Waals surface area contributed by atoms with Crippen LogP contribution >= 0.6 is 0 Å². The van der Waals surface area contributed by atoms with Crippen LogP contribution in [0.5, 0.6) is 0 Å². The van der Waals surface area contributed by atoms with Gasteiger partial charge in [0.1, 0.15) is 13.6 Å². The van der Waals surface area contributed by atoms with E-state index < -0.39 is 0 Å². The monoisotopic (exact) mass is 533 g/mol. The number of carbonyl (C=O) groups excluding carboxylic acids is 1. The van der Waals surface area contributed by atoms with E-state index in [9.17, 15) is 9.90 Å². The number of hydrogen-bond acceptors (Lipinski definition) is 7. The predicted molar refractivity (Wildman–Crippen MR) is 142 cm³/mol. The minimum atomic E-state index is -0.157. The number of esters is 1. The van der Waals surface area contributed by atoms with Crippen LogP contribution in [0.3, 0.4) is 0 Å². The Morgan fingerprint density at radius 2 is 1.82 bits per heavy atom. The summed E-state index contributed by atoms with van der Waals surface area (Å²) in [5, 5.41) is 10.7. The second-order valence-corrected chi connectivity index (χ2v) is 12.7. The Labute approximate surface area is 228 Å². The van der Waals surface area contributed by atoms with Crippen molar-refractivity contribution in [3.63, 3.8) is 0 Å². The summed E-state index contributed by atoms with van der Waals surface area (Å²) in [6.07, 6.45) is 6.28. The number of aliphatic hydroxyl groups excluding tert-OH is 1. The lowest BCUT2D eigenvalue weighted by molar-refractivity contribution is -0.241. The molecule has 4 aliphatic carbocycles. The first-order valence-electron chi connectivity index (χ1n) is 14.2. The van der Waals surface area contributed by atoms with Crippen molar-refractivity contribution in [2.75, 3.05) is 34.9 Å². The van der Waals surface area contributed by atoms with Crippen LogP contribution in [-0.2, 0) is 28.5 Å². The van der Waals surface area contributed by atoms with Gasteiger partial charge < -0.3 is 28.8 Å². The summed E-state index contributed by atoms with van der Waals surface area (Å²) in [5.74, 6) is 2.06. The molecule has 0 unspecified atom stereocenters. The summed E-state index contributed by atoms with van der Waals surface area (Å²) in [6.45, 7) is 15.2. The fourth-order valence-corrected chi connectivity index (χ4v) is 9.29. The minimum Gasteiger partial charge on any atom is -0.524 e. The summed E-state index contributed by atoms with van der Waals surface area (Å²) >= 11 is 0. The molecular weight excluding hydrogens is 486 g/mol. The number of hydrogen-bond donors (Lipinski definition) is 1. The zero-order chi connectivity index (χ0) is 27.7. The van der Waals surface area contributed by atoms with E-state index in [0.717, 1.165) is 32.1 Å². The van der Waals surface area contributed by atoms with Crippen molar-refractivity contribution in [2.24, 2.45) is 46.3 Å². The van der Waals surface area contributed by atoms with Gasteiger partial charge in [-0.15, -0.1) is 0 Å². The Balaban J connectivity index is 1.72. The van der Waals surface area contributed by atoms with Gasteiger partial charge in [0.15, 0.2) is 0 Å². The van der Waals surface area contributed by atoms with E-state index in [1.807, 2.05) is 0 Å². The smallest absolute Gasteiger partial charge is 0.305 e. The number of fused-ring (bicyclic) bond motifs is 5. The number of rotatable bonds is 10. The van der Waals surface area contributed by atoms with Crippen molar-refractivity contribution in [3.8, 4) is 0 Å². The molecule has 1 N–H and O–H groups in total. The average molecular weight is 534 g/mol. The van der Waals surface area contributed by atoms with Gasteiger partial charge >= 0.3 is 5.97 Å². The molecule has 0 aromatic rings. The molecule has 0 saturated heterocycles. The Kier molecular flexibility index (Phi) is 9.13. The van der Waals surface area contributed by atoms with Crippen LogP contribution in [0.15, 0.2) is 11.5 Å². The largest absolute Gasteiger partial charge is 0.524 e. The molecule has 0 amide bonds. The number of carbonyl (C=O) groups is 1. The summed E-state index contributed by atoms with van der Waals surface area (Å²) < 4.78 is 28.7. The molecule has 8 heteroatoms. The van der Waals surface area contributed by atoms with Crippen molar-refractivity contribution in [1.29, 1.82) is 0 Å². The van der Waals surface area contributed by atoms with Crippen LogP contribution in [0.25, 0.3) is 4.85 Å². The standard InChI is InChI=1S/C30H47NO7/c1-18(8-11-27(33)36-7)20-9-10-21-28-22(14-26(30(20,21)3)38-17-35-6)29(2)15-23(31-4)24(32)12-19(29)13-25(28)37-16-34-5/h18-22,25-26,28,32H,8-17H2,1-3,5-7H3/t18-,19+,20-,21+,22+,25-,26+,28+,29+,30-/m1/s1. The topological polar surface area (TPSA) is 87.8 Å². The van der Waals surface area contributed by atoms with Crippen LogP contribution in [0.2, 0.25) is 0 Å². The maximum Gasteiger partial charge on any atom is 0.305 e. The quantitative estimate of drug-likeness (QED) is 0.218. The van der Waals surface area contributed by atoms with E-state index in [0.29, 0.717) is 48.6 Å². The molecule has 0 heterocycles. The van der Waals surface area contributed by atoms with E-state index in [1.54, 1.807) is 14.2 Å². The highest BCUT2D eigenvalue weighted by atomic mass is 16.7. The lowest BCUT2D eigenvalue weighted by atomic mass is 9.43. The first-order valence-corrected chi connectivity index (χ1v) is 14.2. The highest BCUT2D eigenvalue weighted by Gasteiger charge is 2.66. The van der Waals surface area contributed by atoms with Crippen LogP contribution in [0, 0.1) is 52.9 Å². The van der Waals surface area contributed by atoms with Gasteiger partial charge in [-0.25, -0.2) is 4.85 Å². The Morgan fingerprint density at radius 3 is 2.47 bits per heavy atom. The first kappa shape index (κ1) is 29.3. The van der Waals surface area contributed by atoms with Crippen LogP contribution in [0.1, 0.15) is 72.1 Å².